The normalized spacial score (nSPS) is 12.0. The number of thioether (sulfide) groups is 1. The molecule has 1 heterocycles. The van der Waals surface area contributed by atoms with Crippen molar-refractivity contribution in [1.82, 2.24) is 15.2 Å². The van der Waals surface area contributed by atoms with E-state index in [1.54, 1.807) is 32.4 Å². The summed E-state index contributed by atoms with van der Waals surface area (Å²) in [7, 11) is 3.14. The van der Waals surface area contributed by atoms with Crippen molar-refractivity contribution in [3.8, 4) is 22.9 Å². The Balaban J connectivity index is 2.26. The molecule has 0 fully saturated rings. The number of methoxy groups -OCH3 is 2. The summed E-state index contributed by atoms with van der Waals surface area (Å²) < 4.78 is 10.4. The molecule has 118 valence electrons. The first-order chi connectivity index (χ1) is 10.6. The first-order valence-corrected chi connectivity index (χ1v) is 7.50. The average molecular weight is 323 g/mol. The number of H-pyrrole nitrogens is 1. The van der Waals surface area contributed by atoms with E-state index in [9.17, 15) is 4.79 Å². The van der Waals surface area contributed by atoms with Crippen molar-refractivity contribution in [3.63, 3.8) is 0 Å². The molecule has 2 N–H and O–H groups in total. The van der Waals surface area contributed by atoms with Gasteiger partial charge in [-0.1, -0.05) is 18.7 Å². The third-order valence-corrected chi connectivity index (χ3v) is 4.20. The van der Waals surface area contributed by atoms with E-state index in [1.165, 1.54) is 0 Å². The fourth-order valence-electron chi connectivity index (χ4n) is 1.81. The van der Waals surface area contributed by atoms with Crippen LogP contribution in [0.3, 0.4) is 0 Å². The van der Waals surface area contributed by atoms with Crippen LogP contribution >= 0.6 is 11.8 Å². The van der Waals surface area contributed by atoms with Crippen molar-refractivity contribution in [2.24, 2.45) is 0 Å². The topological polar surface area (TPSA) is 97.3 Å². The summed E-state index contributed by atoms with van der Waals surface area (Å²) in [6.07, 6.45) is 0.497. The molecule has 0 aliphatic carbocycles. The molecule has 0 aliphatic heterocycles. The molecular formula is C14H17N3O4S. The van der Waals surface area contributed by atoms with Crippen LogP contribution < -0.4 is 9.47 Å². The minimum atomic E-state index is -0.873. The minimum absolute atomic E-state index is 0.394. The Labute approximate surface area is 132 Å². The maximum atomic E-state index is 11.1. The summed E-state index contributed by atoms with van der Waals surface area (Å²) in [5, 5.41) is 15.8. The summed E-state index contributed by atoms with van der Waals surface area (Å²) >= 11 is 1.12. The van der Waals surface area contributed by atoms with Crippen molar-refractivity contribution in [2.45, 2.75) is 23.8 Å². The van der Waals surface area contributed by atoms with Gasteiger partial charge in [0.2, 0.25) is 5.16 Å². The molecule has 0 aliphatic rings. The van der Waals surface area contributed by atoms with E-state index in [0.29, 0.717) is 28.9 Å². The van der Waals surface area contributed by atoms with Gasteiger partial charge >= 0.3 is 5.97 Å². The Morgan fingerprint density at radius 3 is 2.45 bits per heavy atom. The highest BCUT2D eigenvalue weighted by molar-refractivity contribution is 8.00. The molecule has 0 spiro atoms. The van der Waals surface area contributed by atoms with Gasteiger partial charge in [0, 0.05) is 11.6 Å². The van der Waals surface area contributed by atoms with E-state index in [-0.39, 0.29) is 0 Å². The number of hydrogen-bond acceptors (Lipinski definition) is 6. The number of ether oxygens (including phenoxy) is 2. The Morgan fingerprint density at radius 2 is 1.95 bits per heavy atom. The molecule has 22 heavy (non-hydrogen) atoms. The van der Waals surface area contributed by atoms with Gasteiger partial charge in [0.25, 0.3) is 0 Å². The number of carbonyl (C=O) groups is 1. The highest BCUT2D eigenvalue weighted by Crippen LogP contribution is 2.29. The van der Waals surface area contributed by atoms with Crippen molar-refractivity contribution < 1.29 is 19.4 Å². The van der Waals surface area contributed by atoms with Crippen LogP contribution in [0.4, 0.5) is 0 Å². The van der Waals surface area contributed by atoms with Gasteiger partial charge in [0.1, 0.15) is 16.7 Å². The van der Waals surface area contributed by atoms with E-state index in [2.05, 4.69) is 15.2 Å². The van der Waals surface area contributed by atoms with Gasteiger partial charge in [-0.3, -0.25) is 9.89 Å². The highest BCUT2D eigenvalue weighted by Gasteiger charge is 2.19. The second kappa shape index (κ2) is 7.17. The molecule has 8 heteroatoms. The van der Waals surface area contributed by atoms with Gasteiger partial charge in [0.05, 0.1) is 14.2 Å². The van der Waals surface area contributed by atoms with Gasteiger partial charge in [0.15, 0.2) is 5.82 Å². The molecule has 7 nitrogen and oxygen atoms in total. The maximum Gasteiger partial charge on any atom is 0.317 e. The molecule has 1 aromatic heterocycles. The lowest BCUT2D eigenvalue weighted by Crippen LogP contribution is -2.14. The summed E-state index contributed by atoms with van der Waals surface area (Å²) in [5.74, 6) is 0.927. The quantitative estimate of drug-likeness (QED) is 0.755. The molecule has 0 amide bonds. The van der Waals surface area contributed by atoms with Crippen molar-refractivity contribution in [3.05, 3.63) is 18.2 Å². The number of aromatic amines is 1. The van der Waals surface area contributed by atoms with Crippen LogP contribution in [-0.2, 0) is 4.79 Å². The molecule has 0 radical (unpaired) electrons. The zero-order valence-corrected chi connectivity index (χ0v) is 13.3. The zero-order valence-electron chi connectivity index (χ0n) is 12.5. The number of nitrogens with zero attached hydrogens (tertiary/aromatic N) is 2. The summed E-state index contributed by atoms with van der Waals surface area (Å²) in [6.45, 7) is 1.81. The standard InChI is InChI=1S/C14H17N3O4S/c1-4-11(13(18)19)22-14-15-12(16-17-14)8-5-9(20-2)7-10(6-8)21-3/h5-7,11H,4H2,1-3H3,(H,18,19)(H,15,16,17). The first-order valence-electron chi connectivity index (χ1n) is 6.62. The Bertz CT molecular complexity index is 637. The lowest BCUT2D eigenvalue weighted by atomic mass is 10.2. The molecule has 1 atom stereocenters. The Morgan fingerprint density at radius 1 is 1.32 bits per heavy atom. The number of carboxylic acid groups (broad SMARTS) is 1. The lowest BCUT2D eigenvalue weighted by molar-refractivity contribution is -0.136. The van der Waals surface area contributed by atoms with Crippen LogP contribution in [0.2, 0.25) is 0 Å². The predicted molar refractivity (Wildman–Crippen MR) is 82.5 cm³/mol. The largest absolute Gasteiger partial charge is 0.497 e. The molecule has 1 aromatic carbocycles. The van der Waals surface area contributed by atoms with Gasteiger partial charge in [-0.25, -0.2) is 4.98 Å². The summed E-state index contributed by atoms with van der Waals surface area (Å²) in [6, 6.07) is 5.35. The maximum absolute atomic E-state index is 11.1. The molecule has 0 saturated heterocycles. The fourth-order valence-corrected chi connectivity index (χ4v) is 2.57. The van der Waals surface area contributed by atoms with Crippen LogP contribution in [0.15, 0.2) is 23.4 Å². The second-order valence-corrected chi connectivity index (χ2v) is 5.59. The number of benzene rings is 1. The monoisotopic (exact) mass is 323 g/mol. The van der Waals surface area contributed by atoms with Gasteiger partial charge < -0.3 is 14.6 Å². The van der Waals surface area contributed by atoms with E-state index in [1.807, 2.05) is 6.92 Å². The minimum Gasteiger partial charge on any atom is -0.497 e. The van der Waals surface area contributed by atoms with Gasteiger partial charge in [-0.05, 0) is 18.6 Å². The average Bonchev–Trinajstić information content (AvgIpc) is 3.00. The molecular weight excluding hydrogens is 306 g/mol. The lowest BCUT2D eigenvalue weighted by Gasteiger charge is -2.06. The molecule has 0 saturated carbocycles. The van der Waals surface area contributed by atoms with Crippen LogP contribution in [0.1, 0.15) is 13.3 Å². The van der Waals surface area contributed by atoms with Crippen molar-refractivity contribution in [1.29, 1.82) is 0 Å². The van der Waals surface area contributed by atoms with E-state index in [0.717, 1.165) is 17.3 Å². The molecule has 2 aromatic rings. The number of carboxylic acids is 1. The van der Waals surface area contributed by atoms with E-state index < -0.39 is 11.2 Å². The van der Waals surface area contributed by atoms with Crippen LogP contribution in [0, 0.1) is 0 Å². The first kappa shape index (κ1) is 16.2. The predicted octanol–water partition coefficient (Wildman–Crippen LogP) is 2.44. The summed E-state index contributed by atoms with van der Waals surface area (Å²) in [4.78, 5) is 15.4. The number of rotatable bonds is 7. The van der Waals surface area contributed by atoms with Gasteiger partial charge in [-0.2, -0.15) is 0 Å². The number of aliphatic carboxylic acids is 1. The van der Waals surface area contributed by atoms with Crippen LogP contribution in [0.25, 0.3) is 11.4 Å². The SMILES string of the molecule is CCC(Sc1n[nH]c(-c2cc(OC)cc(OC)c2)n1)C(=O)O. The number of aromatic nitrogens is 3. The van der Waals surface area contributed by atoms with E-state index in [4.69, 9.17) is 14.6 Å². The highest BCUT2D eigenvalue weighted by atomic mass is 32.2. The van der Waals surface area contributed by atoms with Gasteiger partial charge in [-0.15, -0.1) is 5.10 Å². The smallest absolute Gasteiger partial charge is 0.317 e. The Kier molecular flexibility index (Phi) is 5.26. The zero-order chi connectivity index (χ0) is 16.1. The third kappa shape index (κ3) is 3.70. The second-order valence-electron chi connectivity index (χ2n) is 4.42. The molecule has 0 bridgehead atoms. The Hall–Kier alpha value is -2.22. The van der Waals surface area contributed by atoms with Crippen molar-refractivity contribution >= 4 is 17.7 Å². The molecule has 2 rings (SSSR count). The van der Waals surface area contributed by atoms with E-state index >= 15 is 0 Å². The third-order valence-electron chi connectivity index (χ3n) is 2.98. The molecule has 1 unspecified atom stereocenters. The van der Waals surface area contributed by atoms with Crippen LogP contribution in [-0.4, -0.2) is 45.7 Å². The van der Waals surface area contributed by atoms with Crippen molar-refractivity contribution in [2.75, 3.05) is 14.2 Å². The summed E-state index contributed by atoms with van der Waals surface area (Å²) in [5.41, 5.74) is 0.749. The number of hydrogen-bond donors (Lipinski definition) is 2. The number of nitrogens with one attached hydrogen (secondary N) is 1. The fraction of sp³-hybridized carbons (Fsp3) is 0.357. The van der Waals surface area contributed by atoms with Crippen LogP contribution in [0.5, 0.6) is 11.5 Å².